The van der Waals surface area contributed by atoms with E-state index in [2.05, 4.69) is 65.0 Å². The number of benzene rings is 1. The van der Waals surface area contributed by atoms with Crippen molar-refractivity contribution in [3.63, 3.8) is 0 Å². The second-order valence-electron chi connectivity index (χ2n) is 9.20. The van der Waals surface area contributed by atoms with Crippen molar-refractivity contribution in [3.8, 4) is 0 Å². The SMILES string of the molecule is CCCC[C@@H](Cc1ccccc1)C1(B2OC(C)(C)C(C)(C)O2)CCC1. The summed E-state index contributed by atoms with van der Waals surface area (Å²) in [7, 11) is -0.0585. The highest BCUT2D eigenvalue weighted by Crippen LogP contribution is 2.62. The summed E-state index contributed by atoms with van der Waals surface area (Å²) in [6.07, 6.45) is 8.75. The number of rotatable bonds is 7. The fourth-order valence-corrected chi connectivity index (χ4v) is 4.44. The van der Waals surface area contributed by atoms with E-state index >= 15 is 0 Å². The fraction of sp³-hybridized carbons (Fsp3) is 0.727. The van der Waals surface area contributed by atoms with Crippen LogP contribution in [0.5, 0.6) is 0 Å². The Balaban J connectivity index is 1.84. The first kappa shape index (κ1) is 19.0. The van der Waals surface area contributed by atoms with Gasteiger partial charge in [-0.2, -0.15) is 0 Å². The van der Waals surface area contributed by atoms with Crippen molar-refractivity contribution in [3.05, 3.63) is 35.9 Å². The van der Waals surface area contributed by atoms with Gasteiger partial charge in [-0.15, -0.1) is 0 Å². The Morgan fingerprint density at radius 3 is 2.08 bits per heavy atom. The molecule has 0 aromatic heterocycles. The van der Waals surface area contributed by atoms with E-state index in [1.165, 1.54) is 44.1 Å². The summed E-state index contributed by atoms with van der Waals surface area (Å²) >= 11 is 0. The molecule has 2 fully saturated rings. The van der Waals surface area contributed by atoms with Crippen LogP contribution in [0.2, 0.25) is 5.31 Å². The lowest BCUT2D eigenvalue weighted by Gasteiger charge is -2.49. The zero-order valence-electron chi connectivity index (χ0n) is 16.8. The van der Waals surface area contributed by atoms with Crippen molar-refractivity contribution in [2.45, 2.75) is 96.1 Å². The van der Waals surface area contributed by atoms with Gasteiger partial charge in [0.05, 0.1) is 11.2 Å². The van der Waals surface area contributed by atoms with Crippen molar-refractivity contribution < 1.29 is 9.31 Å². The summed E-state index contributed by atoms with van der Waals surface area (Å²) in [6.45, 7) is 11.0. The van der Waals surface area contributed by atoms with E-state index in [1.54, 1.807) is 0 Å². The third-order valence-corrected chi connectivity index (χ3v) is 7.05. The average molecular weight is 342 g/mol. The minimum absolute atomic E-state index is 0.0585. The zero-order chi connectivity index (χ0) is 18.1. The molecule has 138 valence electrons. The predicted molar refractivity (Wildman–Crippen MR) is 106 cm³/mol. The van der Waals surface area contributed by atoms with E-state index in [0.29, 0.717) is 5.92 Å². The molecule has 1 atom stereocenters. The third kappa shape index (κ3) is 3.55. The van der Waals surface area contributed by atoms with Crippen LogP contribution in [0.3, 0.4) is 0 Å². The largest absolute Gasteiger partial charge is 0.464 e. The van der Waals surface area contributed by atoms with Gasteiger partial charge < -0.3 is 9.31 Å². The Labute approximate surface area is 154 Å². The van der Waals surface area contributed by atoms with Gasteiger partial charge in [-0.25, -0.2) is 0 Å². The highest BCUT2D eigenvalue weighted by Gasteiger charge is 2.63. The van der Waals surface area contributed by atoms with Crippen molar-refractivity contribution in [1.82, 2.24) is 0 Å². The average Bonchev–Trinajstić information content (AvgIpc) is 2.72. The van der Waals surface area contributed by atoms with Crippen LogP contribution < -0.4 is 0 Å². The van der Waals surface area contributed by atoms with E-state index in [9.17, 15) is 0 Å². The van der Waals surface area contributed by atoms with Gasteiger partial charge >= 0.3 is 7.12 Å². The molecule has 0 amide bonds. The first-order chi connectivity index (χ1) is 11.8. The molecule has 2 aliphatic rings. The molecule has 1 aliphatic carbocycles. The zero-order valence-corrected chi connectivity index (χ0v) is 16.8. The van der Waals surface area contributed by atoms with E-state index < -0.39 is 0 Å². The van der Waals surface area contributed by atoms with Crippen LogP contribution in [-0.2, 0) is 15.7 Å². The van der Waals surface area contributed by atoms with Gasteiger partial charge in [0, 0.05) is 5.31 Å². The number of hydrogen-bond acceptors (Lipinski definition) is 2. The Morgan fingerprint density at radius 2 is 1.60 bits per heavy atom. The molecule has 1 aliphatic heterocycles. The Morgan fingerprint density at radius 1 is 1.00 bits per heavy atom. The van der Waals surface area contributed by atoms with Crippen LogP contribution in [0.25, 0.3) is 0 Å². The molecule has 0 spiro atoms. The van der Waals surface area contributed by atoms with Crippen LogP contribution >= 0.6 is 0 Å². The Kier molecular flexibility index (Phi) is 5.37. The van der Waals surface area contributed by atoms with Crippen LogP contribution in [-0.4, -0.2) is 18.3 Å². The van der Waals surface area contributed by atoms with Crippen molar-refractivity contribution >= 4 is 7.12 Å². The summed E-state index contributed by atoms with van der Waals surface area (Å²) in [6, 6.07) is 11.0. The second kappa shape index (κ2) is 7.08. The molecule has 0 unspecified atom stereocenters. The summed E-state index contributed by atoms with van der Waals surface area (Å²) in [5.41, 5.74) is 0.983. The Bertz CT molecular complexity index is 547. The van der Waals surface area contributed by atoms with Crippen LogP contribution in [0, 0.1) is 5.92 Å². The molecule has 2 nitrogen and oxygen atoms in total. The minimum Gasteiger partial charge on any atom is -0.403 e. The van der Waals surface area contributed by atoms with Crippen LogP contribution in [0.1, 0.15) is 78.7 Å². The second-order valence-corrected chi connectivity index (χ2v) is 9.20. The molecule has 1 aromatic rings. The van der Waals surface area contributed by atoms with E-state index in [1.807, 2.05) is 0 Å². The summed E-state index contributed by atoms with van der Waals surface area (Å²) in [4.78, 5) is 0. The molecule has 25 heavy (non-hydrogen) atoms. The Hall–Kier alpha value is -0.795. The highest BCUT2D eigenvalue weighted by molar-refractivity contribution is 6.50. The van der Waals surface area contributed by atoms with Crippen molar-refractivity contribution in [1.29, 1.82) is 0 Å². The van der Waals surface area contributed by atoms with Gasteiger partial charge in [-0.3, -0.25) is 0 Å². The van der Waals surface area contributed by atoms with E-state index in [4.69, 9.17) is 9.31 Å². The first-order valence-corrected chi connectivity index (χ1v) is 10.2. The fourth-order valence-electron chi connectivity index (χ4n) is 4.44. The van der Waals surface area contributed by atoms with Gasteiger partial charge in [-0.1, -0.05) is 62.9 Å². The monoisotopic (exact) mass is 342 g/mol. The normalized spacial score (nSPS) is 24.8. The topological polar surface area (TPSA) is 18.5 Å². The molecule has 1 saturated heterocycles. The van der Waals surface area contributed by atoms with Gasteiger partial charge in [0.1, 0.15) is 0 Å². The summed E-state index contributed by atoms with van der Waals surface area (Å²) in [5, 5.41) is 0.191. The summed E-state index contributed by atoms with van der Waals surface area (Å²) in [5.74, 6) is 0.637. The summed E-state index contributed by atoms with van der Waals surface area (Å²) < 4.78 is 13.1. The van der Waals surface area contributed by atoms with Gasteiger partial charge in [0.15, 0.2) is 0 Å². The first-order valence-electron chi connectivity index (χ1n) is 10.2. The molecular weight excluding hydrogens is 307 g/mol. The molecule has 0 bridgehead atoms. The molecule has 1 saturated carbocycles. The van der Waals surface area contributed by atoms with Crippen molar-refractivity contribution in [2.24, 2.45) is 5.92 Å². The standard InChI is InChI=1S/C22H35BO2/c1-6-7-14-19(17-18-12-9-8-10-13-18)22(15-11-16-22)23-24-20(2,3)21(4,5)25-23/h8-10,12-13,19H,6-7,11,14-17H2,1-5H3/t19-/m0/s1. The predicted octanol–water partition coefficient (Wildman–Crippen LogP) is 6.05. The smallest absolute Gasteiger partial charge is 0.403 e. The molecular formula is C22H35BO2. The van der Waals surface area contributed by atoms with Gasteiger partial charge in [-0.05, 0) is 58.4 Å². The molecule has 3 heteroatoms. The lowest BCUT2D eigenvalue weighted by molar-refractivity contribution is 0.00578. The molecule has 0 N–H and O–H groups in total. The van der Waals surface area contributed by atoms with E-state index in [-0.39, 0.29) is 23.6 Å². The van der Waals surface area contributed by atoms with Crippen LogP contribution in [0.15, 0.2) is 30.3 Å². The maximum absolute atomic E-state index is 6.55. The van der Waals surface area contributed by atoms with Gasteiger partial charge in [0.2, 0.25) is 0 Å². The molecule has 3 rings (SSSR count). The highest BCUT2D eigenvalue weighted by atomic mass is 16.7. The lowest BCUT2D eigenvalue weighted by atomic mass is 9.41. The van der Waals surface area contributed by atoms with Crippen molar-refractivity contribution in [2.75, 3.05) is 0 Å². The maximum Gasteiger partial charge on any atom is 0.464 e. The lowest BCUT2D eigenvalue weighted by Crippen LogP contribution is -2.47. The minimum atomic E-state index is -0.234. The molecule has 1 aromatic carbocycles. The molecule has 0 radical (unpaired) electrons. The quantitative estimate of drug-likeness (QED) is 0.561. The number of unbranched alkanes of at least 4 members (excludes halogenated alkanes) is 1. The van der Waals surface area contributed by atoms with Gasteiger partial charge in [0.25, 0.3) is 0 Å². The maximum atomic E-state index is 6.55. The number of hydrogen-bond donors (Lipinski definition) is 0. The van der Waals surface area contributed by atoms with Crippen LogP contribution in [0.4, 0.5) is 0 Å². The third-order valence-electron chi connectivity index (χ3n) is 7.05. The molecule has 1 heterocycles. The van der Waals surface area contributed by atoms with E-state index in [0.717, 1.165) is 6.42 Å².